The Morgan fingerprint density at radius 1 is 0.960 bits per heavy atom. The average molecular weight is 505 g/mol. The van der Waals surface area contributed by atoms with Gasteiger partial charge in [0, 0.05) is 0 Å². The van der Waals surface area contributed by atoms with E-state index in [2.05, 4.69) is 0 Å². The summed E-state index contributed by atoms with van der Waals surface area (Å²) in [5.41, 5.74) is 0. The number of alkyl halides is 3. The maximum absolute atomic E-state index is 14.4. The predicted octanol–water partition coefficient (Wildman–Crippen LogP) is 5.85. The molecule has 0 heterocycles. The fourth-order valence-corrected chi connectivity index (χ4v) is 52.9. The number of allylic oxidation sites excluding steroid dienone is 4. The molecule has 1 rings (SSSR count). The Hall–Kier alpha value is 0.576. The minimum absolute atomic E-state index is 0.237. The van der Waals surface area contributed by atoms with Crippen LogP contribution in [0.4, 0.5) is 13.2 Å². The third kappa shape index (κ3) is 4.21. The Balaban J connectivity index is 3.70. The molecule has 0 bridgehead atoms. The quantitative estimate of drug-likeness (QED) is 0.330. The summed E-state index contributed by atoms with van der Waals surface area (Å²) < 4.78 is 62.5. The minimum atomic E-state index is -5.68. The Bertz CT molecular complexity index is 479. The topological polar surface area (TPSA) is 27.7 Å². The molecule has 147 valence electrons. The Kier molecular flexibility index (Phi) is 8.67. The van der Waals surface area contributed by atoms with Crippen LogP contribution in [0.2, 0.25) is 11.5 Å². The van der Waals surface area contributed by atoms with E-state index in [-0.39, 0.29) is 19.8 Å². The van der Waals surface area contributed by atoms with Gasteiger partial charge in [-0.3, -0.25) is 0 Å². The van der Waals surface area contributed by atoms with Gasteiger partial charge in [0.1, 0.15) is 0 Å². The number of rotatable bonds is 11. The summed E-state index contributed by atoms with van der Waals surface area (Å²) in [7, 11) is -4.73. The SMILES string of the molecule is CCC[O][Zr]([O]CCC)([O]CCC)([C]1=CC=CC1)[Ge]([CH3])([CH3])[C](F)(F)F. The molecule has 25 heavy (non-hydrogen) atoms. The summed E-state index contributed by atoms with van der Waals surface area (Å²) >= 11 is -5.68. The molecule has 0 saturated heterocycles. The van der Waals surface area contributed by atoms with Crippen molar-refractivity contribution in [2.24, 2.45) is 0 Å². The van der Waals surface area contributed by atoms with Crippen molar-refractivity contribution in [2.75, 3.05) is 19.8 Å². The number of halogens is 3. The number of hydrogen-bond acceptors (Lipinski definition) is 3. The fourth-order valence-electron chi connectivity index (χ4n) is 3.22. The second-order valence-corrected chi connectivity index (χ2v) is 50.2. The molecule has 0 radical (unpaired) electrons. The summed E-state index contributed by atoms with van der Waals surface area (Å²) in [5, 5.41) is -4.32. The van der Waals surface area contributed by atoms with Crippen molar-refractivity contribution >= 4 is 9.48 Å². The van der Waals surface area contributed by atoms with E-state index in [0.717, 1.165) is 0 Å². The van der Waals surface area contributed by atoms with Crippen LogP contribution < -0.4 is 0 Å². The van der Waals surface area contributed by atoms with Crippen molar-refractivity contribution in [3.8, 4) is 0 Å². The predicted molar refractivity (Wildman–Crippen MR) is 94.1 cm³/mol. The van der Waals surface area contributed by atoms with Crippen LogP contribution in [0.3, 0.4) is 0 Å². The Labute approximate surface area is 152 Å². The van der Waals surface area contributed by atoms with Gasteiger partial charge in [0.15, 0.2) is 0 Å². The van der Waals surface area contributed by atoms with E-state index < -0.39 is 32.1 Å². The van der Waals surface area contributed by atoms with Gasteiger partial charge in [0.25, 0.3) is 0 Å². The molecule has 3 nitrogen and oxygen atoms in total. The van der Waals surface area contributed by atoms with E-state index in [1.165, 1.54) is 11.5 Å². The van der Waals surface area contributed by atoms with Gasteiger partial charge in [-0.15, -0.1) is 0 Å². The average Bonchev–Trinajstić information content (AvgIpc) is 3.09. The van der Waals surface area contributed by atoms with Crippen LogP contribution in [-0.4, -0.2) is 34.3 Å². The molecule has 1 aliphatic carbocycles. The van der Waals surface area contributed by atoms with Gasteiger partial charge < -0.3 is 0 Å². The third-order valence-electron chi connectivity index (χ3n) is 4.82. The van der Waals surface area contributed by atoms with Gasteiger partial charge in [-0.1, -0.05) is 0 Å². The van der Waals surface area contributed by atoms with Crippen molar-refractivity contribution in [3.05, 3.63) is 21.5 Å². The zero-order chi connectivity index (χ0) is 19.2. The molecule has 0 saturated carbocycles. The van der Waals surface area contributed by atoms with Gasteiger partial charge in [-0.2, -0.15) is 0 Å². The first-order valence-corrected chi connectivity index (χ1v) is 26.1. The third-order valence-corrected chi connectivity index (χ3v) is 61.8. The van der Waals surface area contributed by atoms with E-state index in [0.29, 0.717) is 29.0 Å². The fraction of sp³-hybridized carbons (Fsp3) is 0.765. The molecule has 0 atom stereocenters. The molecule has 8 heteroatoms. The Morgan fingerprint density at radius 2 is 1.40 bits per heavy atom. The zero-order valence-electron chi connectivity index (χ0n) is 16.0. The van der Waals surface area contributed by atoms with Crippen LogP contribution in [0.25, 0.3) is 0 Å². The van der Waals surface area contributed by atoms with Crippen LogP contribution in [0.15, 0.2) is 21.5 Å². The molecule has 1 aliphatic rings. The van der Waals surface area contributed by atoms with Crippen LogP contribution in [0, 0.1) is 0 Å². The summed E-state index contributed by atoms with van der Waals surface area (Å²) in [6.45, 7) is 6.42. The van der Waals surface area contributed by atoms with Crippen molar-refractivity contribution in [1.29, 1.82) is 0 Å². The van der Waals surface area contributed by atoms with E-state index in [1.54, 1.807) is 12.2 Å². The molecule has 0 fully saturated rings. The first-order chi connectivity index (χ1) is 11.6. The summed E-state index contributed by atoms with van der Waals surface area (Å²) in [6.07, 6.45) is 7.77. The van der Waals surface area contributed by atoms with Crippen molar-refractivity contribution in [2.45, 2.75) is 63.0 Å². The molecule has 0 spiro atoms. The summed E-state index contributed by atoms with van der Waals surface area (Å²) in [4.78, 5) is 0. The van der Waals surface area contributed by atoms with Crippen LogP contribution in [-0.2, 0) is 26.0 Å². The van der Waals surface area contributed by atoms with Gasteiger partial charge in [-0.25, -0.2) is 0 Å². The van der Waals surface area contributed by atoms with E-state index in [9.17, 15) is 13.2 Å². The molecule has 0 aromatic rings. The molecule has 0 unspecified atom stereocenters. The van der Waals surface area contributed by atoms with Crippen molar-refractivity contribution in [3.63, 3.8) is 0 Å². The second kappa shape index (κ2) is 9.18. The zero-order valence-corrected chi connectivity index (χ0v) is 20.6. The van der Waals surface area contributed by atoms with Crippen LogP contribution in [0.5, 0.6) is 0 Å². The monoisotopic (exact) mass is 505 g/mol. The molecule has 0 aromatic heterocycles. The molecule has 0 amide bonds. The molecule has 0 aliphatic heterocycles. The first kappa shape index (κ1) is 23.6. The molecular weight excluding hydrogens is 473 g/mol. The second-order valence-electron chi connectivity index (χ2n) is 6.98. The van der Waals surface area contributed by atoms with E-state index in [1.807, 2.05) is 26.8 Å². The summed E-state index contributed by atoms with van der Waals surface area (Å²) in [6, 6.07) is 0. The maximum atomic E-state index is 14.4. The Morgan fingerprint density at radius 3 is 1.68 bits per heavy atom. The standard InChI is InChI=1S/C5H5.C3H6F3Ge.3C3H7O.Zr/c1-2-4-5-3-1;1-7(2)3(4,5)6;3*1-2-3-4;/h1-3H,4H2;1-2H3;3*2-3H2,1H3;/q;;3*-1;+3. The van der Waals surface area contributed by atoms with E-state index in [4.69, 9.17) is 8.44 Å². The van der Waals surface area contributed by atoms with Crippen LogP contribution in [0.1, 0.15) is 46.5 Å². The van der Waals surface area contributed by atoms with Gasteiger partial charge >= 0.3 is 153 Å². The summed E-state index contributed by atoms with van der Waals surface area (Å²) in [5.74, 6) is 2.76. The molecular formula is C17H32F3GeO3Zr. The van der Waals surface area contributed by atoms with Crippen molar-refractivity contribution in [1.82, 2.24) is 0 Å². The molecule has 0 aromatic carbocycles. The number of hydrogen-bond donors (Lipinski definition) is 0. The van der Waals surface area contributed by atoms with E-state index >= 15 is 0 Å². The first-order valence-electron chi connectivity index (χ1n) is 9.13. The normalized spacial score (nSPS) is 17.4. The van der Waals surface area contributed by atoms with Gasteiger partial charge in [0.05, 0.1) is 0 Å². The van der Waals surface area contributed by atoms with Crippen LogP contribution >= 0.6 is 0 Å². The van der Waals surface area contributed by atoms with Gasteiger partial charge in [0.2, 0.25) is 0 Å². The molecule has 0 N–H and O–H groups in total. The van der Waals surface area contributed by atoms with Crippen molar-refractivity contribution < 1.29 is 39.2 Å². The van der Waals surface area contributed by atoms with Gasteiger partial charge in [-0.05, 0) is 0 Å².